The molecule has 26 heavy (non-hydrogen) atoms. The van der Waals surface area contributed by atoms with Crippen LogP contribution in [0, 0.1) is 5.82 Å². The Morgan fingerprint density at radius 1 is 1.04 bits per heavy atom. The summed E-state index contributed by atoms with van der Waals surface area (Å²) in [4.78, 5) is 2.07. The fourth-order valence-corrected chi connectivity index (χ4v) is 2.90. The quantitative estimate of drug-likeness (QED) is 0.693. The van der Waals surface area contributed by atoms with Gasteiger partial charge in [0.05, 0.1) is 5.56 Å². The molecule has 7 heteroatoms. The lowest BCUT2D eigenvalue weighted by Crippen LogP contribution is -2.19. The van der Waals surface area contributed by atoms with Crippen molar-refractivity contribution in [3.63, 3.8) is 0 Å². The molecule has 0 atom stereocenters. The second kappa shape index (κ2) is 7.53. The predicted molar refractivity (Wildman–Crippen MR) is 88.6 cm³/mol. The Hall–Kier alpha value is -2.28. The van der Waals surface area contributed by atoms with Crippen LogP contribution in [0.2, 0.25) is 0 Å². The second-order valence-corrected chi connectivity index (χ2v) is 6.33. The van der Waals surface area contributed by atoms with Gasteiger partial charge in [0.2, 0.25) is 6.79 Å². The SMILES string of the molecule is CN(CCCc1ccc(C(F)(F)F)cc1F)Cc1ccc2c(c1)OCO2. The van der Waals surface area contributed by atoms with Crippen LogP contribution in [0.25, 0.3) is 0 Å². The normalized spacial score (nSPS) is 13.5. The second-order valence-electron chi connectivity index (χ2n) is 6.33. The Morgan fingerprint density at radius 3 is 2.54 bits per heavy atom. The van der Waals surface area contributed by atoms with Crippen LogP contribution in [0.15, 0.2) is 36.4 Å². The number of hydrogen-bond donors (Lipinski definition) is 0. The van der Waals surface area contributed by atoms with Crippen LogP contribution in [0.4, 0.5) is 17.6 Å². The van der Waals surface area contributed by atoms with Gasteiger partial charge >= 0.3 is 6.18 Å². The zero-order valence-electron chi connectivity index (χ0n) is 14.3. The van der Waals surface area contributed by atoms with E-state index in [1.807, 2.05) is 25.2 Å². The molecule has 3 nitrogen and oxygen atoms in total. The summed E-state index contributed by atoms with van der Waals surface area (Å²) in [6.07, 6.45) is -3.50. The number of halogens is 4. The van der Waals surface area contributed by atoms with Crippen molar-refractivity contribution in [1.82, 2.24) is 4.90 Å². The first-order chi connectivity index (χ1) is 12.3. The first kappa shape index (κ1) is 18.5. The molecule has 140 valence electrons. The largest absolute Gasteiger partial charge is 0.454 e. The molecule has 2 aromatic carbocycles. The van der Waals surface area contributed by atoms with Gasteiger partial charge in [-0.1, -0.05) is 12.1 Å². The summed E-state index contributed by atoms with van der Waals surface area (Å²) in [5, 5.41) is 0. The third-order valence-corrected chi connectivity index (χ3v) is 4.26. The van der Waals surface area contributed by atoms with Crippen molar-refractivity contribution in [2.75, 3.05) is 20.4 Å². The highest BCUT2D eigenvalue weighted by Gasteiger charge is 2.31. The Kier molecular flexibility index (Phi) is 5.36. The van der Waals surface area contributed by atoms with Crippen molar-refractivity contribution in [3.8, 4) is 11.5 Å². The number of rotatable bonds is 6. The minimum Gasteiger partial charge on any atom is -0.454 e. The van der Waals surface area contributed by atoms with E-state index >= 15 is 0 Å². The summed E-state index contributed by atoms with van der Waals surface area (Å²) in [6, 6.07) is 8.45. The van der Waals surface area contributed by atoms with E-state index in [0.29, 0.717) is 37.6 Å². The van der Waals surface area contributed by atoms with Gasteiger partial charge in [-0.15, -0.1) is 0 Å². The molecule has 1 aliphatic heterocycles. The third kappa shape index (κ3) is 4.46. The van der Waals surface area contributed by atoms with E-state index < -0.39 is 17.6 Å². The molecule has 1 heterocycles. The van der Waals surface area contributed by atoms with Crippen LogP contribution in [0.5, 0.6) is 11.5 Å². The molecule has 0 aliphatic carbocycles. The van der Waals surface area contributed by atoms with Gasteiger partial charge in [0.15, 0.2) is 11.5 Å². The van der Waals surface area contributed by atoms with E-state index in [1.54, 1.807) is 0 Å². The minimum atomic E-state index is -4.52. The number of benzene rings is 2. The molecule has 2 aromatic rings. The van der Waals surface area contributed by atoms with Crippen molar-refractivity contribution >= 4 is 0 Å². The predicted octanol–water partition coefficient (Wildman–Crippen LogP) is 4.64. The van der Waals surface area contributed by atoms with Gasteiger partial charge in [-0.3, -0.25) is 0 Å². The topological polar surface area (TPSA) is 21.7 Å². The number of ether oxygens (including phenoxy) is 2. The number of hydrogen-bond acceptors (Lipinski definition) is 3. The van der Waals surface area contributed by atoms with Gasteiger partial charge in [-0.25, -0.2) is 4.39 Å². The van der Waals surface area contributed by atoms with E-state index in [2.05, 4.69) is 4.90 Å². The Morgan fingerprint density at radius 2 is 1.81 bits per heavy atom. The van der Waals surface area contributed by atoms with E-state index in [4.69, 9.17) is 9.47 Å². The summed E-state index contributed by atoms with van der Waals surface area (Å²) in [5.74, 6) is 0.648. The number of alkyl halides is 3. The average molecular weight is 369 g/mol. The Bertz CT molecular complexity index is 777. The standard InChI is InChI=1S/C19H19F4NO2/c1-24(11-13-4-7-17-18(9-13)26-12-25-17)8-2-3-14-5-6-15(10-16(14)20)19(21,22)23/h4-7,9-10H,2-3,8,11-12H2,1H3. The summed E-state index contributed by atoms with van der Waals surface area (Å²) < 4.78 is 62.1. The molecule has 0 saturated carbocycles. The molecule has 0 unspecified atom stereocenters. The van der Waals surface area contributed by atoms with Crippen LogP contribution in [0.3, 0.4) is 0 Å². The summed E-state index contributed by atoms with van der Waals surface area (Å²) in [5.41, 5.74) is 0.408. The van der Waals surface area contributed by atoms with Gasteiger partial charge in [-0.05, 0) is 61.8 Å². The van der Waals surface area contributed by atoms with Crippen LogP contribution in [-0.4, -0.2) is 25.3 Å². The van der Waals surface area contributed by atoms with Crippen molar-refractivity contribution in [2.24, 2.45) is 0 Å². The molecule has 0 bridgehead atoms. The molecule has 0 fully saturated rings. The highest BCUT2D eigenvalue weighted by atomic mass is 19.4. The molecule has 0 radical (unpaired) electrons. The van der Waals surface area contributed by atoms with Crippen LogP contribution >= 0.6 is 0 Å². The maximum Gasteiger partial charge on any atom is 0.416 e. The summed E-state index contributed by atoms with van der Waals surface area (Å²) >= 11 is 0. The van der Waals surface area contributed by atoms with Crippen molar-refractivity contribution in [3.05, 3.63) is 58.9 Å². The molecule has 1 aliphatic rings. The number of fused-ring (bicyclic) bond motifs is 1. The maximum atomic E-state index is 13.8. The summed E-state index contributed by atoms with van der Waals surface area (Å²) in [7, 11) is 1.94. The van der Waals surface area contributed by atoms with E-state index in [0.717, 1.165) is 23.1 Å². The molecular formula is C19H19F4NO2. The van der Waals surface area contributed by atoms with Crippen molar-refractivity contribution in [1.29, 1.82) is 0 Å². The van der Waals surface area contributed by atoms with E-state index in [1.165, 1.54) is 6.07 Å². The average Bonchev–Trinajstić information content (AvgIpc) is 3.03. The van der Waals surface area contributed by atoms with Gasteiger partial charge in [-0.2, -0.15) is 13.2 Å². The van der Waals surface area contributed by atoms with E-state index in [-0.39, 0.29) is 6.79 Å². The Balaban J connectivity index is 1.50. The molecule has 0 N–H and O–H groups in total. The fourth-order valence-electron chi connectivity index (χ4n) is 2.90. The Labute approximate surface area is 149 Å². The zero-order valence-corrected chi connectivity index (χ0v) is 14.3. The fraction of sp³-hybridized carbons (Fsp3) is 0.368. The highest BCUT2D eigenvalue weighted by molar-refractivity contribution is 5.44. The van der Waals surface area contributed by atoms with Crippen LogP contribution in [-0.2, 0) is 19.1 Å². The van der Waals surface area contributed by atoms with Crippen molar-refractivity contribution < 1.29 is 27.0 Å². The van der Waals surface area contributed by atoms with Gasteiger partial charge in [0.25, 0.3) is 0 Å². The number of nitrogens with zero attached hydrogens (tertiary/aromatic N) is 1. The number of aryl methyl sites for hydroxylation is 1. The monoisotopic (exact) mass is 369 g/mol. The molecule has 0 saturated heterocycles. The van der Waals surface area contributed by atoms with E-state index in [9.17, 15) is 17.6 Å². The maximum absolute atomic E-state index is 13.8. The van der Waals surface area contributed by atoms with Crippen LogP contribution < -0.4 is 9.47 Å². The van der Waals surface area contributed by atoms with Crippen LogP contribution in [0.1, 0.15) is 23.1 Å². The molecule has 0 spiro atoms. The summed E-state index contributed by atoms with van der Waals surface area (Å²) in [6.45, 7) is 1.61. The molecule has 0 amide bonds. The van der Waals surface area contributed by atoms with Gasteiger partial charge in [0.1, 0.15) is 5.82 Å². The third-order valence-electron chi connectivity index (χ3n) is 4.26. The lowest BCUT2D eigenvalue weighted by Gasteiger charge is -2.17. The smallest absolute Gasteiger partial charge is 0.416 e. The molecule has 0 aromatic heterocycles. The lowest BCUT2D eigenvalue weighted by molar-refractivity contribution is -0.137. The highest BCUT2D eigenvalue weighted by Crippen LogP contribution is 2.33. The van der Waals surface area contributed by atoms with Gasteiger partial charge in [0, 0.05) is 6.54 Å². The first-order valence-corrected chi connectivity index (χ1v) is 8.25. The molecule has 3 rings (SSSR count). The van der Waals surface area contributed by atoms with Gasteiger partial charge < -0.3 is 14.4 Å². The lowest BCUT2D eigenvalue weighted by atomic mass is 10.1. The minimum absolute atomic E-state index is 0.229. The first-order valence-electron chi connectivity index (χ1n) is 8.25. The van der Waals surface area contributed by atoms with Crippen molar-refractivity contribution in [2.45, 2.75) is 25.6 Å². The molecular weight excluding hydrogens is 350 g/mol. The zero-order chi connectivity index (χ0) is 18.7.